The number of ether oxygens (including phenoxy) is 1. The van der Waals surface area contributed by atoms with Crippen molar-refractivity contribution in [2.75, 3.05) is 13.2 Å². The molecule has 24 heavy (non-hydrogen) atoms. The number of hydrogen-bond acceptors (Lipinski definition) is 4. The molecule has 0 aliphatic rings. The molecular formula is C16H23F3N2O3. The van der Waals surface area contributed by atoms with Crippen LogP contribution in [0.25, 0.3) is 0 Å². The Kier molecular flexibility index (Phi) is 7.50. The van der Waals surface area contributed by atoms with Gasteiger partial charge in [0.05, 0.1) is 11.6 Å². The molecular weight excluding hydrogens is 325 g/mol. The van der Waals surface area contributed by atoms with Gasteiger partial charge in [0.1, 0.15) is 18.5 Å². The predicted molar refractivity (Wildman–Crippen MR) is 83.4 cm³/mol. The summed E-state index contributed by atoms with van der Waals surface area (Å²) in [5.41, 5.74) is 4.86. The smallest absolute Gasteiger partial charge is 0.416 e. The van der Waals surface area contributed by atoms with Crippen molar-refractivity contribution >= 4 is 5.91 Å². The molecule has 0 aliphatic heterocycles. The highest BCUT2D eigenvalue weighted by Crippen LogP contribution is 2.31. The van der Waals surface area contributed by atoms with E-state index in [0.29, 0.717) is 6.42 Å². The third-order valence-corrected chi connectivity index (χ3v) is 3.18. The van der Waals surface area contributed by atoms with Crippen LogP contribution in [0.1, 0.15) is 25.8 Å². The fraction of sp³-hybridized carbons (Fsp3) is 0.562. The number of nitrogens with two attached hydrogens (primary N) is 1. The van der Waals surface area contributed by atoms with E-state index in [1.165, 1.54) is 12.1 Å². The zero-order valence-electron chi connectivity index (χ0n) is 13.6. The maximum atomic E-state index is 12.6. The molecule has 1 rings (SSSR count). The third-order valence-electron chi connectivity index (χ3n) is 3.18. The first kappa shape index (κ1) is 20.2. The minimum Gasteiger partial charge on any atom is -0.491 e. The number of rotatable bonds is 8. The Labute approximate surface area is 139 Å². The number of nitrogens with one attached hydrogen (secondary N) is 1. The number of carbonyl (C=O) groups excluding carboxylic acids is 1. The van der Waals surface area contributed by atoms with E-state index in [9.17, 15) is 23.1 Å². The predicted octanol–water partition coefficient (Wildman–Crippen LogP) is 1.93. The normalized spacial score (nSPS) is 14.3. The van der Waals surface area contributed by atoms with Gasteiger partial charge in [-0.25, -0.2) is 0 Å². The number of carbonyl (C=O) groups is 1. The van der Waals surface area contributed by atoms with Gasteiger partial charge in [-0.05, 0) is 30.5 Å². The summed E-state index contributed by atoms with van der Waals surface area (Å²) in [5, 5.41) is 12.2. The molecule has 1 aromatic carbocycles. The minimum atomic E-state index is -4.46. The topological polar surface area (TPSA) is 84.6 Å². The van der Waals surface area contributed by atoms with Gasteiger partial charge in [0.2, 0.25) is 5.91 Å². The van der Waals surface area contributed by atoms with Crippen LogP contribution in [0.2, 0.25) is 0 Å². The number of aliphatic hydroxyl groups excluding tert-OH is 1. The maximum absolute atomic E-state index is 12.6. The standard InChI is InChI=1S/C16H23F3N2O3/c1-10(2)6-14(20)15(23)21-8-12(22)9-24-13-5-3-4-11(7-13)16(17,18)19/h3-5,7,10,12,14,22H,6,8-9,20H2,1-2H3,(H,21,23)/t12?,14-/m0/s1. The first-order valence-corrected chi connectivity index (χ1v) is 7.61. The van der Waals surface area contributed by atoms with Crippen LogP contribution in [0, 0.1) is 5.92 Å². The molecule has 1 aromatic rings. The van der Waals surface area contributed by atoms with Gasteiger partial charge in [0.25, 0.3) is 0 Å². The summed E-state index contributed by atoms with van der Waals surface area (Å²) >= 11 is 0. The van der Waals surface area contributed by atoms with Gasteiger partial charge >= 0.3 is 6.18 Å². The van der Waals surface area contributed by atoms with E-state index < -0.39 is 23.9 Å². The van der Waals surface area contributed by atoms with Crippen molar-refractivity contribution < 1.29 is 27.8 Å². The molecule has 0 saturated heterocycles. The van der Waals surface area contributed by atoms with Gasteiger partial charge in [0, 0.05) is 6.54 Å². The Morgan fingerprint density at radius 3 is 2.62 bits per heavy atom. The fourth-order valence-corrected chi connectivity index (χ4v) is 1.98. The Balaban J connectivity index is 2.41. The Hall–Kier alpha value is -1.80. The van der Waals surface area contributed by atoms with Crippen LogP contribution in [0.4, 0.5) is 13.2 Å². The molecule has 4 N–H and O–H groups in total. The van der Waals surface area contributed by atoms with E-state index in [0.717, 1.165) is 12.1 Å². The van der Waals surface area contributed by atoms with Crippen LogP contribution in [-0.4, -0.2) is 36.3 Å². The highest BCUT2D eigenvalue weighted by molar-refractivity contribution is 5.81. The molecule has 0 spiro atoms. The lowest BCUT2D eigenvalue weighted by atomic mass is 10.0. The lowest BCUT2D eigenvalue weighted by molar-refractivity contribution is -0.137. The maximum Gasteiger partial charge on any atom is 0.416 e. The summed E-state index contributed by atoms with van der Waals surface area (Å²) in [6.45, 7) is 3.53. The number of amides is 1. The average molecular weight is 348 g/mol. The molecule has 0 bridgehead atoms. The van der Waals surface area contributed by atoms with Crippen molar-refractivity contribution in [2.45, 2.75) is 38.6 Å². The summed E-state index contributed by atoms with van der Waals surface area (Å²) in [7, 11) is 0. The Bertz CT molecular complexity index is 536. The molecule has 1 amide bonds. The molecule has 0 saturated carbocycles. The summed E-state index contributed by atoms with van der Waals surface area (Å²) in [6, 6.07) is 3.70. The van der Waals surface area contributed by atoms with Crippen LogP contribution in [0.5, 0.6) is 5.75 Å². The van der Waals surface area contributed by atoms with E-state index in [4.69, 9.17) is 10.5 Å². The van der Waals surface area contributed by atoms with E-state index in [-0.39, 0.29) is 30.7 Å². The van der Waals surface area contributed by atoms with Crippen molar-refractivity contribution in [3.05, 3.63) is 29.8 Å². The number of benzene rings is 1. The van der Waals surface area contributed by atoms with Crippen molar-refractivity contribution in [1.82, 2.24) is 5.32 Å². The van der Waals surface area contributed by atoms with Crippen molar-refractivity contribution in [3.63, 3.8) is 0 Å². The highest BCUT2D eigenvalue weighted by Gasteiger charge is 2.30. The molecule has 0 fully saturated rings. The molecule has 0 aromatic heterocycles. The number of alkyl halides is 3. The van der Waals surface area contributed by atoms with E-state index in [1.807, 2.05) is 13.8 Å². The summed E-state index contributed by atoms with van der Waals surface area (Å²) in [4.78, 5) is 11.7. The summed E-state index contributed by atoms with van der Waals surface area (Å²) in [5.74, 6) is -0.131. The first-order valence-electron chi connectivity index (χ1n) is 7.61. The Morgan fingerprint density at radius 2 is 2.04 bits per heavy atom. The van der Waals surface area contributed by atoms with Gasteiger partial charge in [-0.15, -0.1) is 0 Å². The zero-order chi connectivity index (χ0) is 18.3. The Morgan fingerprint density at radius 1 is 1.38 bits per heavy atom. The van der Waals surface area contributed by atoms with E-state index >= 15 is 0 Å². The molecule has 1 unspecified atom stereocenters. The quantitative estimate of drug-likeness (QED) is 0.670. The second kappa shape index (κ2) is 8.89. The number of aliphatic hydroxyl groups is 1. The lowest BCUT2D eigenvalue weighted by Gasteiger charge is -2.17. The minimum absolute atomic E-state index is 0.00768. The van der Waals surface area contributed by atoms with Crippen LogP contribution >= 0.6 is 0 Å². The molecule has 136 valence electrons. The first-order chi connectivity index (χ1) is 11.1. The van der Waals surface area contributed by atoms with Gasteiger partial charge in [-0.1, -0.05) is 19.9 Å². The van der Waals surface area contributed by atoms with Crippen LogP contribution in [0.3, 0.4) is 0 Å². The number of halogens is 3. The lowest BCUT2D eigenvalue weighted by Crippen LogP contribution is -2.45. The van der Waals surface area contributed by atoms with Crippen molar-refractivity contribution in [1.29, 1.82) is 0 Å². The molecule has 0 aliphatic carbocycles. The van der Waals surface area contributed by atoms with Gasteiger partial charge in [-0.2, -0.15) is 13.2 Å². The molecule has 2 atom stereocenters. The zero-order valence-corrected chi connectivity index (χ0v) is 13.6. The molecule has 0 heterocycles. The van der Waals surface area contributed by atoms with E-state index in [2.05, 4.69) is 5.32 Å². The summed E-state index contributed by atoms with van der Waals surface area (Å²) < 4.78 is 42.9. The third kappa shape index (κ3) is 7.18. The van der Waals surface area contributed by atoms with Crippen molar-refractivity contribution in [2.24, 2.45) is 11.7 Å². The van der Waals surface area contributed by atoms with Crippen molar-refractivity contribution in [3.8, 4) is 5.75 Å². The van der Waals surface area contributed by atoms with Gasteiger partial charge in [-0.3, -0.25) is 4.79 Å². The molecule has 8 heteroatoms. The van der Waals surface area contributed by atoms with Gasteiger partial charge in [0.15, 0.2) is 0 Å². The average Bonchev–Trinajstić information content (AvgIpc) is 2.49. The number of hydrogen-bond donors (Lipinski definition) is 3. The SMILES string of the molecule is CC(C)C[C@H](N)C(=O)NCC(O)COc1cccc(C(F)(F)F)c1. The monoisotopic (exact) mass is 348 g/mol. The molecule has 5 nitrogen and oxygen atoms in total. The second-order valence-electron chi connectivity index (χ2n) is 5.97. The van der Waals surface area contributed by atoms with Crippen LogP contribution in [0.15, 0.2) is 24.3 Å². The summed E-state index contributed by atoms with van der Waals surface area (Å²) in [6.07, 6.45) is -5.00. The van der Waals surface area contributed by atoms with Crippen LogP contribution < -0.4 is 15.8 Å². The largest absolute Gasteiger partial charge is 0.491 e. The molecule has 0 radical (unpaired) electrons. The second-order valence-corrected chi connectivity index (χ2v) is 5.97. The van der Waals surface area contributed by atoms with E-state index in [1.54, 1.807) is 0 Å². The van der Waals surface area contributed by atoms with Crippen LogP contribution in [-0.2, 0) is 11.0 Å². The highest BCUT2D eigenvalue weighted by atomic mass is 19.4. The van der Waals surface area contributed by atoms with Gasteiger partial charge < -0.3 is 20.9 Å². The fourth-order valence-electron chi connectivity index (χ4n) is 1.98.